The fourth-order valence-corrected chi connectivity index (χ4v) is 2.07. The topological polar surface area (TPSA) is 65.9 Å². The molecule has 1 heterocycles. The van der Waals surface area contributed by atoms with Crippen LogP contribution in [0.4, 0.5) is 5.82 Å². The van der Waals surface area contributed by atoms with Crippen molar-refractivity contribution in [2.75, 3.05) is 18.5 Å². The standard InChI is InChI=1S/C12H16N4/c1-16(11(8-14)9-4-5-9)12-10(7-13)3-2-6-15-12/h2-3,6,9,11H,4-5,8,14H2,1H3. The van der Waals surface area contributed by atoms with Gasteiger partial charge in [-0.15, -0.1) is 0 Å². The minimum Gasteiger partial charge on any atom is -0.354 e. The molecule has 0 amide bonds. The van der Waals surface area contributed by atoms with Gasteiger partial charge in [0.1, 0.15) is 11.9 Å². The Morgan fingerprint density at radius 3 is 3.00 bits per heavy atom. The first-order valence-electron chi connectivity index (χ1n) is 5.56. The van der Waals surface area contributed by atoms with Crippen LogP contribution < -0.4 is 10.6 Å². The van der Waals surface area contributed by atoms with E-state index in [0.29, 0.717) is 24.1 Å². The van der Waals surface area contributed by atoms with E-state index in [9.17, 15) is 0 Å². The molecule has 1 unspecified atom stereocenters. The van der Waals surface area contributed by atoms with Crippen LogP contribution in [0.25, 0.3) is 0 Å². The Hall–Kier alpha value is -1.60. The van der Waals surface area contributed by atoms with Crippen molar-refractivity contribution in [1.29, 1.82) is 5.26 Å². The highest BCUT2D eigenvalue weighted by molar-refractivity contribution is 5.53. The average molecular weight is 216 g/mol. The summed E-state index contributed by atoms with van der Waals surface area (Å²) in [5.41, 5.74) is 6.41. The van der Waals surface area contributed by atoms with E-state index < -0.39 is 0 Å². The first kappa shape index (κ1) is 10.9. The minimum absolute atomic E-state index is 0.307. The van der Waals surface area contributed by atoms with Crippen LogP contribution in [0.5, 0.6) is 0 Å². The summed E-state index contributed by atoms with van der Waals surface area (Å²) < 4.78 is 0. The van der Waals surface area contributed by atoms with Crippen molar-refractivity contribution in [2.45, 2.75) is 18.9 Å². The lowest BCUT2D eigenvalue weighted by Crippen LogP contribution is -2.40. The number of likely N-dealkylation sites (N-methyl/N-ethyl adjacent to an activating group) is 1. The Morgan fingerprint density at radius 1 is 1.69 bits per heavy atom. The van der Waals surface area contributed by atoms with E-state index in [0.717, 1.165) is 5.82 Å². The Balaban J connectivity index is 2.25. The predicted octanol–water partition coefficient (Wildman–Crippen LogP) is 1.13. The Morgan fingerprint density at radius 2 is 2.44 bits per heavy atom. The molecule has 0 saturated heterocycles. The van der Waals surface area contributed by atoms with Gasteiger partial charge in [0.25, 0.3) is 0 Å². The predicted molar refractivity (Wildman–Crippen MR) is 62.9 cm³/mol. The van der Waals surface area contributed by atoms with Gasteiger partial charge >= 0.3 is 0 Å². The Bertz CT molecular complexity index is 406. The number of nitriles is 1. The maximum atomic E-state index is 9.03. The third kappa shape index (κ3) is 2.00. The van der Waals surface area contributed by atoms with Crippen LogP contribution in [-0.2, 0) is 0 Å². The normalized spacial score (nSPS) is 16.6. The third-order valence-corrected chi connectivity index (χ3v) is 3.15. The van der Waals surface area contributed by atoms with E-state index >= 15 is 0 Å². The number of pyridine rings is 1. The number of anilines is 1. The number of rotatable bonds is 4. The first-order valence-corrected chi connectivity index (χ1v) is 5.56. The molecule has 4 nitrogen and oxygen atoms in total. The first-order chi connectivity index (χ1) is 7.77. The molecule has 4 heteroatoms. The van der Waals surface area contributed by atoms with Crippen LogP contribution in [-0.4, -0.2) is 24.6 Å². The lowest BCUT2D eigenvalue weighted by Gasteiger charge is -2.28. The monoisotopic (exact) mass is 216 g/mol. The molecular formula is C12H16N4. The van der Waals surface area contributed by atoms with Gasteiger partial charge < -0.3 is 10.6 Å². The second kappa shape index (κ2) is 4.50. The van der Waals surface area contributed by atoms with Crippen molar-refractivity contribution >= 4 is 5.82 Å². The summed E-state index contributed by atoms with van der Waals surface area (Å²) in [6, 6.07) is 6.05. The number of aromatic nitrogens is 1. The van der Waals surface area contributed by atoms with E-state index in [4.69, 9.17) is 11.0 Å². The van der Waals surface area contributed by atoms with E-state index in [1.165, 1.54) is 12.8 Å². The smallest absolute Gasteiger partial charge is 0.146 e. The van der Waals surface area contributed by atoms with Crippen molar-refractivity contribution in [3.8, 4) is 6.07 Å². The molecule has 0 aromatic carbocycles. The molecule has 2 rings (SSSR count). The quantitative estimate of drug-likeness (QED) is 0.819. The van der Waals surface area contributed by atoms with Gasteiger partial charge in [-0.3, -0.25) is 0 Å². The molecule has 0 aliphatic heterocycles. The maximum absolute atomic E-state index is 9.03. The average Bonchev–Trinajstić information content (AvgIpc) is 3.14. The summed E-state index contributed by atoms with van der Waals surface area (Å²) in [7, 11) is 1.97. The largest absolute Gasteiger partial charge is 0.354 e. The number of nitrogens with zero attached hydrogens (tertiary/aromatic N) is 3. The molecule has 1 atom stereocenters. The fraction of sp³-hybridized carbons (Fsp3) is 0.500. The molecule has 1 saturated carbocycles. The summed E-state index contributed by atoms with van der Waals surface area (Å²) in [4.78, 5) is 6.33. The minimum atomic E-state index is 0.307. The van der Waals surface area contributed by atoms with E-state index in [-0.39, 0.29) is 0 Å². The van der Waals surface area contributed by atoms with Gasteiger partial charge in [0, 0.05) is 25.8 Å². The number of nitrogens with two attached hydrogens (primary N) is 1. The van der Waals surface area contributed by atoms with Crippen LogP contribution in [0.15, 0.2) is 18.3 Å². The highest BCUT2D eigenvalue weighted by Gasteiger charge is 2.33. The van der Waals surface area contributed by atoms with Crippen LogP contribution >= 0.6 is 0 Å². The SMILES string of the molecule is CN(c1ncccc1C#N)C(CN)C1CC1. The summed E-state index contributed by atoms with van der Waals surface area (Å²) >= 11 is 0. The van der Waals surface area contributed by atoms with Crippen molar-refractivity contribution in [3.63, 3.8) is 0 Å². The zero-order chi connectivity index (χ0) is 11.5. The highest BCUT2D eigenvalue weighted by Crippen LogP contribution is 2.36. The molecule has 0 bridgehead atoms. The molecule has 84 valence electrons. The summed E-state index contributed by atoms with van der Waals surface area (Å²) in [6.07, 6.45) is 4.19. The zero-order valence-corrected chi connectivity index (χ0v) is 9.43. The molecule has 16 heavy (non-hydrogen) atoms. The van der Waals surface area contributed by atoms with Gasteiger partial charge in [-0.1, -0.05) is 0 Å². The molecule has 0 radical (unpaired) electrons. The molecule has 1 fully saturated rings. The van der Waals surface area contributed by atoms with E-state index in [1.807, 2.05) is 7.05 Å². The van der Waals surface area contributed by atoms with Crippen molar-refractivity contribution in [1.82, 2.24) is 4.98 Å². The molecule has 1 aliphatic carbocycles. The van der Waals surface area contributed by atoms with Gasteiger partial charge in [-0.2, -0.15) is 5.26 Å². The summed E-state index contributed by atoms with van der Waals surface area (Å²) in [5, 5.41) is 9.03. The van der Waals surface area contributed by atoms with Crippen LogP contribution in [0, 0.1) is 17.2 Å². The van der Waals surface area contributed by atoms with Gasteiger partial charge in [0.05, 0.1) is 5.56 Å². The molecule has 1 aliphatic rings. The highest BCUT2D eigenvalue weighted by atomic mass is 15.2. The van der Waals surface area contributed by atoms with Crippen LogP contribution in [0.2, 0.25) is 0 Å². The molecular weight excluding hydrogens is 200 g/mol. The number of hydrogen-bond acceptors (Lipinski definition) is 4. The Labute approximate surface area is 95.7 Å². The second-order valence-electron chi connectivity index (χ2n) is 4.24. The van der Waals surface area contributed by atoms with E-state index in [1.54, 1.807) is 18.3 Å². The molecule has 1 aromatic heterocycles. The van der Waals surface area contributed by atoms with E-state index in [2.05, 4.69) is 16.0 Å². The maximum Gasteiger partial charge on any atom is 0.146 e. The van der Waals surface area contributed by atoms with Gasteiger partial charge in [0.15, 0.2) is 0 Å². The fourth-order valence-electron chi connectivity index (χ4n) is 2.07. The Kier molecular flexibility index (Phi) is 3.07. The summed E-state index contributed by atoms with van der Waals surface area (Å²) in [6.45, 7) is 0.614. The van der Waals surface area contributed by atoms with Crippen molar-refractivity contribution < 1.29 is 0 Å². The van der Waals surface area contributed by atoms with Gasteiger partial charge in [-0.05, 0) is 30.9 Å². The van der Waals surface area contributed by atoms with Crippen molar-refractivity contribution in [2.24, 2.45) is 11.7 Å². The van der Waals surface area contributed by atoms with Crippen LogP contribution in [0.3, 0.4) is 0 Å². The molecule has 1 aromatic rings. The lowest BCUT2D eigenvalue weighted by molar-refractivity contribution is 0.566. The summed E-state index contributed by atoms with van der Waals surface area (Å²) in [5.74, 6) is 1.41. The van der Waals surface area contributed by atoms with Gasteiger partial charge in [0.2, 0.25) is 0 Å². The zero-order valence-electron chi connectivity index (χ0n) is 9.43. The lowest BCUT2D eigenvalue weighted by atomic mass is 10.1. The second-order valence-corrected chi connectivity index (χ2v) is 4.24. The number of hydrogen-bond donors (Lipinski definition) is 1. The van der Waals surface area contributed by atoms with Crippen LogP contribution in [0.1, 0.15) is 18.4 Å². The molecule has 2 N–H and O–H groups in total. The molecule has 0 spiro atoms. The van der Waals surface area contributed by atoms with Crippen molar-refractivity contribution in [3.05, 3.63) is 23.9 Å². The third-order valence-electron chi connectivity index (χ3n) is 3.15. The van der Waals surface area contributed by atoms with Gasteiger partial charge in [-0.25, -0.2) is 4.98 Å².